The number of anilines is 1. The third-order valence-corrected chi connectivity index (χ3v) is 2.92. The molecule has 1 aliphatic heterocycles. The summed E-state index contributed by atoms with van der Waals surface area (Å²) in [6.07, 6.45) is -0.331. The van der Waals surface area contributed by atoms with Crippen LogP contribution in [0.1, 0.15) is 32.5 Å². The second-order valence-electron chi connectivity index (χ2n) is 5.78. The molecule has 1 fully saturated rings. The highest BCUT2D eigenvalue weighted by molar-refractivity contribution is 5.69. The van der Waals surface area contributed by atoms with E-state index in [1.165, 1.54) is 0 Å². The van der Waals surface area contributed by atoms with Crippen molar-refractivity contribution < 1.29 is 9.53 Å². The standard InChI is InChI=1S/C13H21N5O2/c1-13(2,3)20-12(19)18-7-6-15-8-10(18)9-4-5-11(14)17-16-9/h4-5,10,15H,6-8H2,1-3H3,(H2,14,17). The molecule has 3 N–H and O–H groups in total. The highest BCUT2D eigenvalue weighted by Crippen LogP contribution is 2.23. The van der Waals surface area contributed by atoms with Crippen LogP contribution in [0.25, 0.3) is 0 Å². The lowest BCUT2D eigenvalue weighted by atomic mass is 10.1. The Morgan fingerprint density at radius 2 is 2.20 bits per heavy atom. The number of hydrogen-bond acceptors (Lipinski definition) is 6. The number of nitrogens with one attached hydrogen (secondary N) is 1. The molecule has 0 aliphatic carbocycles. The summed E-state index contributed by atoms with van der Waals surface area (Å²) in [5.74, 6) is 0.362. The van der Waals surface area contributed by atoms with Gasteiger partial charge in [0, 0.05) is 19.6 Å². The van der Waals surface area contributed by atoms with E-state index in [0.717, 1.165) is 6.54 Å². The van der Waals surface area contributed by atoms with Crippen LogP contribution >= 0.6 is 0 Å². The summed E-state index contributed by atoms with van der Waals surface area (Å²) >= 11 is 0. The molecule has 0 saturated carbocycles. The fraction of sp³-hybridized carbons (Fsp3) is 0.615. The number of amides is 1. The number of nitrogens with two attached hydrogens (primary N) is 1. The molecule has 110 valence electrons. The molecule has 20 heavy (non-hydrogen) atoms. The molecule has 0 aromatic carbocycles. The van der Waals surface area contributed by atoms with Crippen molar-refractivity contribution in [2.45, 2.75) is 32.4 Å². The number of rotatable bonds is 1. The zero-order chi connectivity index (χ0) is 14.8. The zero-order valence-corrected chi connectivity index (χ0v) is 12.1. The van der Waals surface area contributed by atoms with Gasteiger partial charge in [0.15, 0.2) is 0 Å². The number of carbonyl (C=O) groups excluding carboxylic acids is 1. The average Bonchev–Trinajstić information content (AvgIpc) is 2.38. The van der Waals surface area contributed by atoms with Crippen molar-refractivity contribution in [3.8, 4) is 0 Å². The Hall–Kier alpha value is -1.89. The number of carbonyl (C=O) groups is 1. The molecule has 0 spiro atoms. The highest BCUT2D eigenvalue weighted by Gasteiger charge is 2.32. The Morgan fingerprint density at radius 1 is 1.45 bits per heavy atom. The van der Waals surface area contributed by atoms with E-state index in [9.17, 15) is 4.79 Å². The van der Waals surface area contributed by atoms with Crippen molar-refractivity contribution in [1.29, 1.82) is 0 Å². The fourth-order valence-corrected chi connectivity index (χ4v) is 2.04. The van der Waals surface area contributed by atoms with Crippen molar-refractivity contribution in [3.05, 3.63) is 17.8 Å². The van der Waals surface area contributed by atoms with Gasteiger partial charge < -0.3 is 15.8 Å². The summed E-state index contributed by atoms with van der Waals surface area (Å²) in [6, 6.07) is 3.29. The minimum Gasteiger partial charge on any atom is -0.444 e. The van der Waals surface area contributed by atoms with Crippen molar-refractivity contribution >= 4 is 11.9 Å². The Labute approximate surface area is 118 Å². The third-order valence-electron chi connectivity index (χ3n) is 2.92. The van der Waals surface area contributed by atoms with Crippen molar-refractivity contribution in [3.63, 3.8) is 0 Å². The Kier molecular flexibility index (Phi) is 4.08. The van der Waals surface area contributed by atoms with Crippen LogP contribution in [0.15, 0.2) is 12.1 Å². The van der Waals surface area contributed by atoms with Gasteiger partial charge in [-0.05, 0) is 32.9 Å². The number of piperazine rings is 1. The summed E-state index contributed by atoms with van der Waals surface area (Å²) in [4.78, 5) is 13.9. The number of nitrogen functional groups attached to an aromatic ring is 1. The smallest absolute Gasteiger partial charge is 0.410 e. The maximum absolute atomic E-state index is 12.3. The lowest BCUT2D eigenvalue weighted by molar-refractivity contribution is 0.0112. The van der Waals surface area contributed by atoms with Gasteiger partial charge in [-0.2, -0.15) is 5.10 Å². The van der Waals surface area contributed by atoms with Crippen LogP contribution in [0.3, 0.4) is 0 Å². The molecule has 1 aromatic rings. The normalized spacial score (nSPS) is 19.8. The predicted octanol–water partition coefficient (Wildman–Crippen LogP) is 0.940. The second kappa shape index (κ2) is 5.62. The average molecular weight is 279 g/mol. The van der Waals surface area contributed by atoms with E-state index >= 15 is 0 Å². The molecule has 0 radical (unpaired) electrons. The van der Waals surface area contributed by atoms with E-state index in [1.807, 2.05) is 20.8 Å². The van der Waals surface area contributed by atoms with Crippen LogP contribution in [0.4, 0.5) is 10.6 Å². The van der Waals surface area contributed by atoms with E-state index in [0.29, 0.717) is 24.6 Å². The molecule has 1 unspecified atom stereocenters. The zero-order valence-electron chi connectivity index (χ0n) is 12.1. The van der Waals surface area contributed by atoms with Crippen LogP contribution in [0.2, 0.25) is 0 Å². The summed E-state index contributed by atoms with van der Waals surface area (Å²) in [6.45, 7) is 7.49. The van der Waals surface area contributed by atoms with E-state index in [-0.39, 0.29) is 12.1 Å². The molecular weight excluding hydrogens is 258 g/mol. The van der Waals surface area contributed by atoms with E-state index < -0.39 is 5.60 Å². The van der Waals surface area contributed by atoms with Crippen LogP contribution < -0.4 is 11.1 Å². The van der Waals surface area contributed by atoms with E-state index in [1.54, 1.807) is 17.0 Å². The maximum atomic E-state index is 12.3. The summed E-state index contributed by atoms with van der Waals surface area (Å²) < 4.78 is 5.44. The molecule has 2 rings (SSSR count). The van der Waals surface area contributed by atoms with Crippen LogP contribution in [-0.4, -0.2) is 46.4 Å². The molecule has 2 heterocycles. The van der Waals surface area contributed by atoms with E-state index in [2.05, 4.69) is 15.5 Å². The SMILES string of the molecule is CC(C)(C)OC(=O)N1CCNCC1c1ccc(N)nn1. The van der Waals surface area contributed by atoms with Crippen LogP contribution in [-0.2, 0) is 4.74 Å². The molecule has 7 nitrogen and oxygen atoms in total. The number of ether oxygens (including phenoxy) is 1. The van der Waals surface area contributed by atoms with Crippen LogP contribution in [0, 0.1) is 0 Å². The van der Waals surface area contributed by atoms with Gasteiger partial charge in [0.1, 0.15) is 11.4 Å². The Balaban J connectivity index is 2.16. The van der Waals surface area contributed by atoms with Gasteiger partial charge in [-0.15, -0.1) is 5.10 Å². The minimum atomic E-state index is -0.515. The number of aromatic nitrogens is 2. The third kappa shape index (κ3) is 3.57. The molecule has 1 saturated heterocycles. The van der Waals surface area contributed by atoms with Gasteiger partial charge in [-0.1, -0.05) is 0 Å². The van der Waals surface area contributed by atoms with Gasteiger partial charge >= 0.3 is 6.09 Å². The van der Waals surface area contributed by atoms with Gasteiger partial charge in [0.05, 0.1) is 11.7 Å². The number of hydrogen-bond donors (Lipinski definition) is 2. The topological polar surface area (TPSA) is 93.4 Å². The second-order valence-corrected chi connectivity index (χ2v) is 5.78. The summed E-state index contributed by atoms with van der Waals surface area (Å²) in [7, 11) is 0. The number of nitrogens with zero attached hydrogens (tertiary/aromatic N) is 3. The molecule has 7 heteroatoms. The molecule has 1 amide bonds. The first kappa shape index (κ1) is 14.5. The summed E-state index contributed by atoms with van der Waals surface area (Å²) in [5.41, 5.74) is 5.73. The highest BCUT2D eigenvalue weighted by atomic mass is 16.6. The lowest BCUT2D eigenvalue weighted by Gasteiger charge is -2.36. The van der Waals surface area contributed by atoms with Gasteiger partial charge in [0.2, 0.25) is 0 Å². The molecule has 1 aromatic heterocycles. The van der Waals surface area contributed by atoms with Crippen molar-refractivity contribution in [2.24, 2.45) is 0 Å². The quantitative estimate of drug-likeness (QED) is 0.794. The van der Waals surface area contributed by atoms with E-state index in [4.69, 9.17) is 10.5 Å². The molecule has 1 atom stereocenters. The lowest BCUT2D eigenvalue weighted by Crippen LogP contribution is -2.50. The van der Waals surface area contributed by atoms with Gasteiger partial charge in [0.25, 0.3) is 0 Å². The Morgan fingerprint density at radius 3 is 2.80 bits per heavy atom. The maximum Gasteiger partial charge on any atom is 0.410 e. The largest absolute Gasteiger partial charge is 0.444 e. The summed E-state index contributed by atoms with van der Waals surface area (Å²) in [5, 5.41) is 11.2. The van der Waals surface area contributed by atoms with Gasteiger partial charge in [-0.3, -0.25) is 4.90 Å². The van der Waals surface area contributed by atoms with Crippen LogP contribution in [0.5, 0.6) is 0 Å². The molecule has 0 bridgehead atoms. The van der Waals surface area contributed by atoms with Crippen molar-refractivity contribution in [1.82, 2.24) is 20.4 Å². The minimum absolute atomic E-state index is 0.188. The molecular formula is C13H21N5O2. The first-order valence-electron chi connectivity index (χ1n) is 6.66. The predicted molar refractivity (Wildman–Crippen MR) is 75.0 cm³/mol. The molecule has 1 aliphatic rings. The van der Waals surface area contributed by atoms with Crippen molar-refractivity contribution in [2.75, 3.05) is 25.4 Å². The first-order valence-corrected chi connectivity index (χ1v) is 6.66. The van der Waals surface area contributed by atoms with Gasteiger partial charge in [-0.25, -0.2) is 4.79 Å². The first-order chi connectivity index (χ1) is 9.37. The monoisotopic (exact) mass is 279 g/mol. The fourth-order valence-electron chi connectivity index (χ4n) is 2.04. The Bertz CT molecular complexity index is 469.